The first-order valence-corrected chi connectivity index (χ1v) is 6.80. The van der Waals surface area contributed by atoms with Crippen molar-refractivity contribution in [2.24, 2.45) is 5.92 Å². The van der Waals surface area contributed by atoms with Gasteiger partial charge in [-0.15, -0.1) is 0 Å². The van der Waals surface area contributed by atoms with E-state index in [0.717, 1.165) is 23.6 Å². The Hall–Kier alpha value is -1.50. The number of nitrogens with two attached hydrogens (primary N) is 1. The lowest BCUT2D eigenvalue weighted by atomic mass is 9.78. The number of aromatic nitrogens is 2. The van der Waals surface area contributed by atoms with Crippen LogP contribution in [-0.2, 0) is 4.74 Å². The lowest BCUT2D eigenvalue weighted by Crippen LogP contribution is -2.46. The molecule has 1 fully saturated rings. The summed E-state index contributed by atoms with van der Waals surface area (Å²) in [5.74, 6) is -1.51. The zero-order chi connectivity index (χ0) is 14.7. The van der Waals surface area contributed by atoms with Crippen LogP contribution in [0.15, 0.2) is 11.0 Å². The zero-order valence-corrected chi connectivity index (χ0v) is 11.4. The second kappa shape index (κ2) is 6.30. The Balaban J connectivity index is 1.94. The number of nitrogen functional groups attached to an aromatic ring is 1. The summed E-state index contributed by atoms with van der Waals surface area (Å²) in [7, 11) is 0. The first-order chi connectivity index (χ1) is 9.54. The van der Waals surface area contributed by atoms with Gasteiger partial charge in [-0.05, 0) is 12.8 Å². The van der Waals surface area contributed by atoms with Crippen molar-refractivity contribution in [3.05, 3.63) is 22.5 Å². The third-order valence-corrected chi connectivity index (χ3v) is 3.63. The van der Waals surface area contributed by atoms with Gasteiger partial charge in [0.25, 0.3) is 0 Å². The molecule has 1 aliphatic rings. The Bertz CT molecular complexity index is 521. The van der Waals surface area contributed by atoms with Crippen LogP contribution in [0.25, 0.3) is 0 Å². The van der Waals surface area contributed by atoms with Gasteiger partial charge >= 0.3 is 5.69 Å². The molecular formula is C13H19F2N3O2. The second-order valence-corrected chi connectivity index (χ2v) is 5.10. The van der Waals surface area contributed by atoms with Crippen LogP contribution in [0.1, 0.15) is 32.2 Å². The zero-order valence-electron chi connectivity index (χ0n) is 11.4. The molecule has 20 heavy (non-hydrogen) atoms. The van der Waals surface area contributed by atoms with Gasteiger partial charge < -0.3 is 10.5 Å². The minimum Gasteiger partial charge on any atom is -0.381 e. The third kappa shape index (κ3) is 2.98. The van der Waals surface area contributed by atoms with Crippen LogP contribution >= 0.6 is 0 Å². The third-order valence-electron chi connectivity index (χ3n) is 3.63. The minimum absolute atomic E-state index is 0.246. The van der Waals surface area contributed by atoms with Crippen molar-refractivity contribution in [3.8, 4) is 0 Å². The van der Waals surface area contributed by atoms with E-state index in [4.69, 9.17) is 10.5 Å². The number of rotatable bonds is 6. The van der Waals surface area contributed by atoms with Gasteiger partial charge in [-0.2, -0.15) is 4.98 Å². The van der Waals surface area contributed by atoms with Crippen LogP contribution in [0.4, 0.5) is 14.6 Å². The average molecular weight is 287 g/mol. The van der Waals surface area contributed by atoms with E-state index in [1.54, 1.807) is 0 Å². The Morgan fingerprint density at radius 3 is 3.00 bits per heavy atom. The molecule has 0 saturated heterocycles. The first kappa shape index (κ1) is 14.9. The predicted octanol–water partition coefficient (Wildman–Crippen LogP) is 1.68. The van der Waals surface area contributed by atoms with Crippen molar-refractivity contribution in [3.63, 3.8) is 0 Å². The Morgan fingerprint density at radius 1 is 1.60 bits per heavy atom. The monoisotopic (exact) mass is 287 g/mol. The van der Waals surface area contributed by atoms with Gasteiger partial charge in [0.05, 0.1) is 12.6 Å². The fraction of sp³-hybridized carbons (Fsp3) is 0.692. The van der Waals surface area contributed by atoms with Crippen LogP contribution in [0.2, 0.25) is 0 Å². The van der Waals surface area contributed by atoms with Crippen molar-refractivity contribution >= 4 is 5.82 Å². The molecule has 0 radical (unpaired) electrons. The van der Waals surface area contributed by atoms with Gasteiger partial charge in [0.1, 0.15) is 6.17 Å². The molecule has 0 bridgehead atoms. The van der Waals surface area contributed by atoms with E-state index in [1.807, 2.05) is 0 Å². The highest BCUT2D eigenvalue weighted by molar-refractivity contribution is 5.26. The van der Waals surface area contributed by atoms with Crippen LogP contribution in [0.3, 0.4) is 0 Å². The van der Waals surface area contributed by atoms with Crippen molar-refractivity contribution in [2.45, 2.75) is 38.4 Å². The van der Waals surface area contributed by atoms with Gasteiger partial charge in [-0.25, -0.2) is 13.6 Å². The largest absolute Gasteiger partial charge is 0.381 e. The number of hydrogen-bond acceptors (Lipinski definition) is 4. The minimum atomic E-state index is -1.22. The van der Waals surface area contributed by atoms with Crippen molar-refractivity contribution in [1.82, 2.24) is 9.55 Å². The van der Waals surface area contributed by atoms with Crippen LogP contribution in [-0.4, -0.2) is 28.9 Å². The summed E-state index contributed by atoms with van der Waals surface area (Å²) >= 11 is 0. The lowest BCUT2D eigenvalue weighted by molar-refractivity contribution is -0.0274. The molecule has 3 atom stereocenters. The molecule has 1 unspecified atom stereocenters. The Labute approximate surface area is 115 Å². The van der Waals surface area contributed by atoms with Gasteiger partial charge in [-0.3, -0.25) is 4.57 Å². The summed E-state index contributed by atoms with van der Waals surface area (Å²) < 4.78 is 33.7. The van der Waals surface area contributed by atoms with Crippen molar-refractivity contribution < 1.29 is 13.5 Å². The Kier molecular flexibility index (Phi) is 4.69. The number of hydrogen-bond donors (Lipinski definition) is 1. The molecule has 1 heterocycles. The molecule has 1 aliphatic carbocycles. The van der Waals surface area contributed by atoms with E-state index in [9.17, 15) is 13.6 Å². The fourth-order valence-corrected chi connectivity index (χ4v) is 2.29. The van der Waals surface area contributed by atoms with Gasteiger partial charge in [0.2, 0.25) is 0 Å². The molecule has 0 aliphatic heterocycles. The number of ether oxygens (including phenoxy) is 1. The van der Waals surface area contributed by atoms with Gasteiger partial charge in [-0.1, -0.05) is 13.3 Å². The SMILES string of the molecule is CCCCOC[C@H]1C[C@@H](n2cc(F)c(N)nc2=O)C1F. The van der Waals surface area contributed by atoms with E-state index in [-0.39, 0.29) is 5.92 Å². The maximum atomic E-state index is 14.0. The Morgan fingerprint density at radius 2 is 2.35 bits per heavy atom. The van der Waals surface area contributed by atoms with Crippen LogP contribution in [0.5, 0.6) is 0 Å². The number of anilines is 1. The highest BCUT2D eigenvalue weighted by Gasteiger charge is 2.43. The van der Waals surface area contributed by atoms with E-state index < -0.39 is 29.5 Å². The molecule has 112 valence electrons. The fourth-order valence-electron chi connectivity index (χ4n) is 2.29. The molecular weight excluding hydrogens is 268 g/mol. The summed E-state index contributed by atoms with van der Waals surface area (Å²) in [5, 5.41) is 0. The van der Waals surface area contributed by atoms with Gasteiger partial charge in [0, 0.05) is 18.7 Å². The van der Waals surface area contributed by atoms with Crippen molar-refractivity contribution in [1.29, 1.82) is 0 Å². The summed E-state index contributed by atoms with van der Waals surface area (Å²) in [6, 6.07) is -0.676. The molecule has 5 nitrogen and oxygen atoms in total. The standard InChI is InChI=1S/C13H19F2N3O2/c1-2-3-4-20-7-8-5-10(11(8)15)18-6-9(14)12(16)17-13(18)19/h6,8,10-11H,2-5,7H2,1H3,(H2,16,17,19)/t8-,10-,11?/m1/s1. The van der Waals surface area contributed by atoms with E-state index in [2.05, 4.69) is 11.9 Å². The normalized spacial score (nSPS) is 25.4. The highest BCUT2D eigenvalue weighted by Crippen LogP contribution is 2.40. The number of alkyl halides is 1. The smallest absolute Gasteiger partial charge is 0.350 e. The van der Waals surface area contributed by atoms with E-state index in [1.165, 1.54) is 0 Å². The van der Waals surface area contributed by atoms with E-state index in [0.29, 0.717) is 19.6 Å². The van der Waals surface area contributed by atoms with E-state index >= 15 is 0 Å². The molecule has 0 aromatic carbocycles. The summed E-state index contributed by atoms with van der Waals surface area (Å²) in [6.07, 6.45) is 2.12. The molecule has 2 N–H and O–H groups in total. The van der Waals surface area contributed by atoms with Crippen molar-refractivity contribution in [2.75, 3.05) is 18.9 Å². The van der Waals surface area contributed by atoms with Gasteiger partial charge in [0.15, 0.2) is 11.6 Å². The molecule has 7 heteroatoms. The maximum Gasteiger partial charge on any atom is 0.350 e. The molecule has 0 spiro atoms. The highest BCUT2D eigenvalue weighted by atomic mass is 19.1. The summed E-state index contributed by atoms with van der Waals surface area (Å²) in [6.45, 7) is 3.00. The molecule has 1 aromatic rings. The first-order valence-electron chi connectivity index (χ1n) is 6.80. The number of unbranched alkanes of at least 4 members (excludes halogenated alkanes) is 1. The van der Waals surface area contributed by atoms with Crippen LogP contribution < -0.4 is 11.4 Å². The summed E-state index contributed by atoms with van der Waals surface area (Å²) in [5.41, 5.74) is 4.47. The number of halogens is 2. The molecule has 1 aromatic heterocycles. The second-order valence-electron chi connectivity index (χ2n) is 5.10. The summed E-state index contributed by atoms with van der Waals surface area (Å²) in [4.78, 5) is 14.9. The lowest BCUT2D eigenvalue weighted by Gasteiger charge is -2.39. The topological polar surface area (TPSA) is 70.1 Å². The predicted molar refractivity (Wildman–Crippen MR) is 70.6 cm³/mol. The molecule has 2 rings (SSSR count). The molecule has 0 amide bonds. The van der Waals surface area contributed by atoms with Crippen LogP contribution in [0, 0.1) is 11.7 Å². The maximum absolute atomic E-state index is 14.0. The number of nitrogens with zero attached hydrogens (tertiary/aromatic N) is 2. The average Bonchev–Trinajstić information content (AvgIpc) is 2.41. The quantitative estimate of drug-likeness (QED) is 0.808. The molecule has 1 saturated carbocycles.